The zero-order chi connectivity index (χ0) is 11.4. The maximum Gasteiger partial charge on any atom is 0.148 e. The van der Waals surface area contributed by atoms with Gasteiger partial charge in [0.05, 0.1) is 6.54 Å². The van der Waals surface area contributed by atoms with E-state index >= 15 is 0 Å². The van der Waals surface area contributed by atoms with Crippen LogP contribution in [0.1, 0.15) is 10.4 Å². The van der Waals surface area contributed by atoms with E-state index in [-0.39, 0.29) is 0 Å². The zero-order valence-corrected chi connectivity index (χ0v) is 9.71. The average molecular weight is 235 g/mol. The Morgan fingerprint density at radius 2 is 2.19 bits per heavy atom. The Labute approximate surface area is 97.7 Å². The van der Waals surface area contributed by atoms with E-state index in [1.54, 1.807) is 11.3 Å². The van der Waals surface area contributed by atoms with Gasteiger partial charge >= 0.3 is 0 Å². The fourth-order valence-electron chi connectivity index (χ4n) is 1.36. The minimum Gasteiger partial charge on any atom is -0.365 e. The van der Waals surface area contributed by atoms with E-state index in [1.807, 2.05) is 13.0 Å². The number of nitrogen functional groups attached to an aromatic ring is 1. The van der Waals surface area contributed by atoms with E-state index in [0.29, 0.717) is 5.82 Å². The molecule has 6 heteroatoms. The van der Waals surface area contributed by atoms with Crippen LogP contribution in [-0.4, -0.2) is 9.97 Å². The summed E-state index contributed by atoms with van der Waals surface area (Å²) in [6, 6.07) is 4.11. The summed E-state index contributed by atoms with van der Waals surface area (Å²) in [5.74, 6) is 6.79. The highest BCUT2D eigenvalue weighted by molar-refractivity contribution is 7.09. The number of nitrogens with two attached hydrogens (primary N) is 1. The van der Waals surface area contributed by atoms with Crippen molar-refractivity contribution in [3.8, 4) is 0 Å². The Bertz CT molecular complexity index is 454. The molecule has 0 aliphatic heterocycles. The molecule has 0 aliphatic rings. The molecule has 0 aromatic carbocycles. The van der Waals surface area contributed by atoms with Gasteiger partial charge in [-0.15, -0.1) is 11.3 Å². The van der Waals surface area contributed by atoms with Gasteiger partial charge in [-0.25, -0.2) is 15.8 Å². The van der Waals surface area contributed by atoms with Gasteiger partial charge in [-0.2, -0.15) is 0 Å². The first-order valence-electron chi connectivity index (χ1n) is 4.85. The molecule has 0 radical (unpaired) electrons. The van der Waals surface area contributed by atoms with Crippen molar-refractivity contribution in [3.63, 3.8) is 0 Å². The second kappa shape index (κ2) is 4.91. The Balaban J connectivity index is 2.09. The molecule has 84 valence electrons. The van der Waals surface area contributed by atoms with Gasteiger partial charge in [-0.1, -0.05) is 6.07 Å². The zero-order valence-electron chi connectivity index (χ0n) is 8.90. The summed E-state index contributed by atoms with van der Waals surface area (Å²) < 4.78 is 0. The molecule has 0 bridgehead atoms. The number of anilines is 2. The van der Waals surface area contributed by atoms with Gasteiger partial charge in [0.15, 0.2) is 0 Å². The summed E-state index contributed by atoms with van der Waals surface area (Å²) in [4.78, 5) is 9.46. The maximum atomic E-state index is 5.34. The van der Waals surface area contributed by atoms with Gasteiger partial charge in [0.25, 0.3) is 0 Å². The minimum atomic E-state index is 0.642. The van der Waals surface area contributed by atoms with Crippen molar-refractivity contribution >= 4 is 23.0 Å². The Hall–Kier alpha value is -1.66. The second-order valence-corrected chi connectivity index (χ2v) is 4.31. The van der Waals surface area contributed by atoms with E-state index in [9.17, 15) is 0 Å². The average Bonchev–Trinajstić information content (AvgIpc) is 2.81. The number of rotatable bonds is 4. The van der Waals surface area contributed by atoms with E-state index < -0.39 is 0 Å². The van der Waals surface area contributed by atoms with Crippen LogP contribution in [0.5, 0.6) is 0 Å². The minimum absolute atomic E-state index is 0.642. The van der Waals surface area contributed by atoms with Crippen molar-refractivity contribution in [1.29, 1.82) is 0 Å². The third-order valence-corrected chi connectivity index (χ3v) is 3.11. The highest BCUT2D eigenvalue weighted by Gasteiger charge is 2.05. The predicted octanol–water partition coefficient (Wildman–Crippen LogP) is 1.74. The van der Waals surface area contributed by atoms with Crippen LogP contribution in [0, 0.1) is 6.92 Å². The lowest BCUT2D eigenvalue weighted by Gasteiger charge is -2.09. The monoisotopic (exact) mass is 235 g/mol. The number of hydrogen-bond donors (Lipinski definition) is 3. The van der Waals surface area contributed by atoms with Crippen LogP contribution in [0.2, 0.25) is 0 Å². The standard InChI is InChI=1S/C10H13N5S/c1-7-9(13-6-14-10(7)15-11)12-5-8-3-2-4-16-8/h2-4,6H,5,11H2,1H3,(H2,12,13,14,15). The normalized spacial score (nSPS) is 10.1. The molecule has 2 heterocycles. The van der Waals surface area contributed by atoms with Crippen molar-refractivity contribution in [2.45, 2.75) is 13.5 Å². The van der Waals surface area contributed by atoms with Gasteiger partial charge in [0, 0.05) is 10.4 Å². The molecule has 2 aromatic rings. The first-order chi connectivity index (χ1) is 7.81. The Kier molecular flexibility index (Phi) is 3.33. The van der Waals surface area contributed by atoms with Crippen LogP contribution in [0.4, 0.5) is 11.6 Å². The molecule has 0 spiro atoms. The van der Waals surface area contributed by atoms with Crippen LogP contribution in [0.25, 0.3) is 0 Å². The molecule has 5 nitrogen and oxygen atoms in total. The second-order valence-electron chi connectivity index (χ2n) is 3.27. The summed E-state index contributed by atoms with van der Waals surface area (Å²) in [5.41, 5.74) is 3.46. The van der Waals surface area contributed by atoms with E-state index in [4.69, 9.17) is 5.84 Å². The fourth-order valence-corrected chi connectivity index (χ4v) is 2.00. The largest absolute Gasteiger partial charge is 0.365 e. The number of aromatic nitrogens is 2. The summed E-state index contributed by atoms with van der Waals surface area (Å²) in [7, 11) is 0. The number of nitrogens with zero attached hydrogens (tertiary/aromatic N) is 2. The van der Waals surface area contributed by atoms with Crippen LogP contribution < -0.4 is 16.6 Å². The molecular formula is C10H13N5S. The van der Waals surface area contributed by atoms with Crippen LogP contribution in [-0.2, 0) is 6.54 Å². The quantitative estimate of drug-likeness (QED) is 0.556. The van der Waals surface area contributed by atoms with E-state index in [0.717, 1.165) is 17.9 Å². The number of hydrogen-bond acceptors (Lipinski definition) is 6. The third kappa shape index (κ3) is 2.29. The van der Waals surface area contributed by atoms with E-state index in [1.165, 1.54) is 11.2 Å². The topological polar surface area (TPSA) is 75.9 Å². The summed E-state index contributed by atoms with van der Waals surface area (Å²) in [6.45, 7) is 2.69. The van der Waals surface area contributed by atoms with Crippen molar-refractivity contribution in [1.82, 2.24) is 9.97 Å². The molecule has 0 saturated heterocycles. The molecule has 0 amide bonds. The lowest BCUT2D eigenvalue weighted by molar-refractivity contribution is 1.06. The summed E-state index contributed by atoms with van der Waals surface area (Å²) in [6.07, 6.45) is 1.49. The van der Waals surface area contributed by atoms with Crippen LogP contribution in [0.15, 0.2) is 23.8 Å². The highest BCUT2D eigenvalue weighted by atomic mass is 32.1. The van der Waals surface area contributed by atoms with Gasteiger partial charge in [0.1, 0.15) is 18.0 Å². The SMILES string of the molecule is Cc1c(NN)ncnc1NCc1cccs1. The molecule has 4 N–H and O–H groups in total. The first-order valence-corrected chi connectivity index (χ1v) is 5.73. The van der Waals surface area contributed by atoms with Gasteiger partial charge in [0.2, 0.25) is 0 Å². The lowest BCUT2D eigenvalue weighted by atomic mass is 10.3. The van der Waals surface area contributed by atoms with Crippen molar-refractivity contribution in [2.75, 3.05) is 10.7 Å². The third-order valence-electron chi connectivity index (χ3n) is 2.23. The molecule has 2 rings (SSSR count). The van der Waals surface area contributed by atoms with Crippen molar-refractivity contribution < 1.29 is 0 Å². The molecule has 2 aromatic heterocycles. The highest BCUT2D eigenvalue weighted by Crippen LogP contribution is 2.18. The molecular weight excluding hydrogens is 222 g/mol. The summed E-state index contributed by atoms with van der Waals surface area (Å²) in [5, 5.41) is 5.31. The predicted molar refractivity (Wildman–Crippen MR) is 66.2 cm³/mol. The number of nitrogens with one attached hydrogen (secondary N) is 2. The molecule has 0 fully saturated rings. The smallest absolute Gasteiger partial charge is 0.148 e. The van der Waals surface area contributed by atoms with Crippen molar-refractivity contribution in [2.24, 2.45) is 5.84 Å². The Morgan fingerprint density at radius 1 is 1.38 bits per heavy atom. The Morgan fingerprint density at radius 3 is 2.88 bits per heavy atom. The summed E-state index contributed by atoms with van der Waals surface area (Å²) >= 11 is 1.71. The lowest BCUT2D eigenvalue weighted by Crippen LogP contribution is -2.12. The molecule has 0 saturated carbocycles. The van der Waals surface area contributed by atoms with Gasteiger partial charge in [-0.05, 0) is 18.4 Å². The van der Waals surface area contributed by atoms with Gasteiger partial charge < -0.3 is 10.7 Å². The molecule has 0 unspecified atom stereocenters. The van der Waals surface area contributed by atoms with Crippen molar-refractivity contribution in [3.05, 3.63) is 34.3 Å². The molecule has 0 aliphatic carbocycles. The van der Waals surface area contributed by atoms with Gasteiger partial charge in [-0.3, -0.25) is 0 Å². The van der Waals surface area contributed by atoms with Crippen LogP contribution in [0.3, 0.4) is 0 Å². The fraction of sp³-hybridized carbons (Fsp3) is 0.200. The first kappa shape index (κ1) is 10.8. The maximum absolute atomic E-state index is 5.34. The number of hydrazine groups is 1. The molecule has 0 atom stereocenters. The molecule has 16 heavy (non-hydrogen) atoms. The number of thiophene rings is 1. The van der Waals surface area contributed by atoms with E-state index in [2.05, 4.69) is 32.2 Å². The van der Waals surface area contributed by atoms with Crippen LogP contribution >= 0.6 is 11.3 Å².